The fourth-order valence-corrected chi connectivity index (χ4v) is 4.68. The van der Waals surface area contributed by atoms with Crippen LogP contribution in [0.25, 0.3) is 0 Å². The number of nitrogens with zero attached hydrogens (tertiary/aromatic N) is 1. The lowest BCUT2D eigenvalue weighted by atomic mass is 10.1. The van der Waals surface area contributed by atoms with Crippen molar-refractivity contribution in [1.82, 2.24) is 4.98 Å². The topological polar surface area (TPSA) is 42.0 Å². The Balaban J connectivity index is 1.86. The number of carbonyl (C=O) groups excluding carboxylic acids is 1. The molecule has 1 atom stereocenters. The van der Waals surface area contributed by atoms with E-state index in [-0.39, 0.29) is 11.2 Å². The van der Waals surface area contributed by atoms with Crippen LogP contribution < -0.4 is 5.32 Å². The Morgan fingerprint density at radius 3 is 2.36 bits per heavy atom. The van der Waals surface area contributed by atoms with E-state index < -0.39 is 0 Å². The monoisotopic (exact) mass is 368 g/mol. The number of hydrogen-bond acceptors (Lipinski definition) is 4. The third kappa shape index (κ3) is 4.71. The summed E-state index contributed by atoms with van der Waals surface area (Å²) >= 11 is 3.07. The van der Waals surface area contributed by atoms with Gasteiger partial charge in [0.25, 0.3) is 0 Å². The molecule has 128 valence electrons. The first-order valence-corrected chi connectivity index (χ1v) is 9.80. The van der Waals surface area contributed by atoms with Crippen molar-refractivity contribution in [1.29, 1.82) is 0 Å². The van der Waals surface area contributed by atoms with Crippen molar-refractivity contribution in [3.63, 3.8) is 0 Å². The fraction of sp³-hybridized carbons (Fsp3) is 0.200. The first-order chi connectivity index (χ1) is 12.0. The van der Waals surface area contributed by atoms with Gasteiger partial charge in [0.05, 0.1) is 0 Å². The van der Waals surface area contributed by atoms with Crippen LogP contribution in [0.3, 0.4) is 0 Å². The zero-order valence-electron chi connectivity index (χ0n) is 14.4. The second-order valence-electron chi connectivity index (χ2n) is 6.03. The van der Waals surface area contributed by atoms with Crippen LogP contribution in [0.5, 0.6) is 0 Å². The molecule has 1 heterocycles. The number of thioether (sulfide) groups is 1. The summed E-state index contributed by atoms with van der Waals surface area (Å²) in [6.45, 7) is 6.03. The van der Waals surface area contributed by atoms with Crippen LogP contribution in [0.15, 0.2) is 58.3 Å². The molecule has 0 aliphatic rings. The predicted molar refractivity (Wildman–Crippen MR) is 106 cm³/mol. The molecular formula is C20H20N2OS2. The molecule has 25 heavy (non-hydrogen) atoms. The van der Waals surface area contributed by atoms with E-state index in [1.165, 1.54) is 11.8 Å². The second-order valence-corrected chi connectivity index (χ2v) is 8.24. The highest BCUT2D eigenvalue weighted by Gasteiger charge is 2.23. The highest BCUT2D eigenvalue weighted by atomic mass is 32.2. The number of rotatable bonds is 5. The molecule has 0 aliphatic heterocycles. The summed E-state index contributed by atoms with van der Waals surface area (Å²) in [6.07, 6.45) is 0. The van der Waals surface area contributed by atoms with Gasteiger partial charge in [-0.15, -0.1) is 11.3 Å². The van der Waals surface area contributed by atoms with Crippen LogP contribution in [-0.2, 0) is 4.79 Å². The molecule has 0 aliphatic carbocycles. The number of anilines is 1. The van der Waals surface area contributed by atoms with Gasteiger partial charge in [0.2, 0.25) is 5.91 Å². The standard InChI is InChI=1S/C20H20N2OS2/c1-13-9-14(2)11-17(10-13)22-19(23)18(16-7-5-4-6-8-16)25-20-21-15(3)12-24-20/h4-12,18H,1-3H3,(H,22,23). The largest absolute Gasteiger partial charge is 0.325 e. The minimum atomic E-state index is -0.340. The zero-order valence-corrected chi connectivity index (χ0v) is 16.1. The van der Waals surface area contributed by atoms with Crippen molar-refractivity contribution in [3.8, 4) is 0 Å². The molecule has 0 bridgehead atoms. The molecule has 2 aromatic carbocycles. The number of carbonyl (C=O) groups is 1. The summed E-state index contributed by atoms with van der Waals surface area (Å²) in [5, 5.41) is 4.73. The average molecular weight is 369 g/mol. The smallest absolute Gasteiger partial charge is 0.242 e. The van der Waals surface area contributed by atoms with Gasteiger partial charge in [0.1, 0.15) is 5.25 Å². The summed E-state index contributed by atoms with van der Waals surface area (Å²) in [5.41, 5.74) is 5.06. The number of benzene rings is 2. The van der Waals surface area contributed by atoms with E-state index >= 15 is 0 Å². The van der Waals surface area contributed by atoms with Crippen molar-refractivity contribution < 1.29 is 4.79 Å². The van der Waals surface area contributed by atoms with Crippen molar-refractivity contribution in [2.45, 2.75) is 30.4 Å². The maximum Gasteiger partial charge on any atom is 0.242 e. The lowest BCUT2D eigenvalue weighted by molar-refractivity contribution is -0.115. The molecule has 1 aromatic heterocycles. The van der Waals surface area contributed by atoms with Crippen LogP contribution >= 0.6 is 23.1 Å². The number of thiazole rings is 1. The molecule has 1 N–H and O–H groups in total. The average Bonchev–Trinajstić information content (AvgIpc) is 2.97. The molecule has 3 nitrogen and oxygen atoms in total. The van der Waals surface area contributed by atoms with Gasteiger partial charge in [-0.2, -0.15) is 0 Å². The summed E-state index contributed by atoms with van der Waals surface area (Å²) in [6, 6.07) is 15.9. The molecule has 0 saturated carbocycles. The van der Waals surface area contributed by atoms with Crippen LogP contribution in [0.4, 0.5) is 5.69 Å². The molecule has 3 aromatic rings. The van der Waals surface area contributed by atoms with Gasteiger partial charge in [0.15, 0.2) is 4.34 Å². The molecule has 3 rings (SSSR count). The summed E-state index contributed by atoms with van der Waals surface area (Å²) in [4.78, 5) is 17.5. The van der Waals surface area contributed by atoms with E-state index in [0.717, 1.165) is 32.4 Å². The molecule has 0 fully saturated rings. The summed E-state index contributed by atoms with van der Waals surface area (Å²) in [7, 11) is 0. The highest BCUT2D eigenvalue weighted by Crippen LogP contribution is 2.37. The van der Waals surface area contributed by atoms with E-state index in [4.69, 9.17) is 0 Å². The maximum atomic E-state index is 13.0. The lowest BCUT2D eigenvalue weighted by Gasteiger charge is -2.16. The Labute approximate surface area is 156 Å². The van der Waals surface area contributed by atoms with Gasteiger partial charge in [-0.25, -0.2) is 4.98 Å². The van der Waals surface area contributed by atoms with Crippen molar-refractivity contribution in [2.75, 3.05) is 5.32 Å². The van der Waals surface area contributed by atoms with Crippen LogP contribution in [0, 0.1) is 20.8 Å². The number of nitrogens with one attached hydrogen (secondary N) is 1. The molecule has 0 radical (unpaired) electrons. The predicted octanol–water partition coefficient (Wildman–Crippen LogP) is 5.54. The summed E-state index contributed by atoms with van der Waals surface area (Å²) < 4.78 is 0.905. The van der Waals surface area contributed by atoms with Gasteiger partial charge in [-0.05, 0) is 49.6 Å². The van der Waals surface area contributed by atoms with E-state index in [0.29, 0.717) is 0 Å². The van der Waals surface area contributed by atoms with Gasteiger partial charge in [-0.3, -0.25) is 4.79 Å². The van der Waals surface area contributed by atoms with Crippen LogP contribution in [0.1, 0.15) is 27.6 Å². The van der Waals surface area contributed by atoms with E-state index in [2.05, 4.69) is 16.4 Å². The third-order valence-electron chi connectivity index (χ3n) is 3.65. The first kappa shape index (κ1) is 17.7. The van der Waals surface area contributed by atoms with E-state index in [9.17, 15) is 4.79 Å². The van der Waals surface area contributed by atoms with Crippen molar-refractivity contribution >= 4 is 34.7 Å². The fourth-order valence-electron chi connectivity index (χ4n) is 2.64. The van der Waals surface area contributed by atoms with Crippen LogP contribution in [0.2, 0.25) is 0 Å². The van der Waals surface area contributed by atoms with Crippen molar-refractivity contribution in [3.05, 3.63) is 76.3 Å². The van der Waals surface area contributed by atoms with Gasteiger partial charge >= 0.3 is 0 Å². The number of aromatic nitrogens is 1. The SMILES string of the molecule is Cc1cc(C)cc(NC(=O)C(Sc2nc(C)cs2)c2ccccc2)c1. The van der Waals surface area contributed by atoms with Gasteiger partial charge in [0, 0.05) is 16.8 Å². The molecule has 5 heteroatoms. The molecule has 0 saturated heterocycles. The zero-order chi connectivity index (χ0) is 17.8. The van der Waals surface area contributed by atoms with Crippen LogP contribution in [-0.4, -0.2) is 10.9 Å². The molecule has 1 amide bonds. The Kier molecular flexibility index (Phi) is 5.56. The minimum Gasteiger partial charge on any atom is -0.325 e. The first-order valence-electron chi connectivity index (χ1n) is 8.04. The second kappa shape index (κ2) is 7.85. The van der Waals surface area contributed by atoms with Gasteiger partial charge in [-0.1, -0.05) is 48.2 Å². The number of aryl methyl sites for hydroxylation is 3. The third-order valence-corrected chi connectivity index (χ3v) is 5.99. The Morgan fingerprint density at radius 1 is 1.08 bits per heavy atom. The molecule has 1 unspecified atom stereocenters. The van der Waals surface area contributed by atoms with Crippen molar-refractivity contribution in [2.24, 2.45) is 0 Å². The highest BCUT2D eigenvalue weighted by molar-refractivity contribution is 8.01. The number of hydrogen-bond donors (Lipinski definition) is 1. The summed E-state index contributed by atoms with van der Waals surface area (Å²) in [5.74, 6) is -0.0333. The Bertz CT molecular complexity index is 854. The minimum absolute atomic E-state index is 0.0333. The lowest BCUT2D eigenvalue weighted by Crippen LogP contribution is -2.19. The normalized spacial score (nSPS) is 12.0. The Hall–Kier alpha value is -2.11. The van der Waals surface area contributed by atoms with E-state index in [1.807, 2.05) is 68.6 Å². The van der Waals surface area contributed by atoms with E-state index in [1.54, 1.807) is 11.3 Å². The maximum absolute atomic E-state index is 13.0. The Morgan fingerprint density at radius 2 is 1.76 bits per heavy atom. The number of amides is 1. The molecule has 0 spiro atoms. The van der Waals surface area contributed by atoms with Gasteiger partial charge < -0.3 is 5.32 Å². The molecular weight excluding hydrogens is 348 g/mol. The quantitative estimate of drug-likeness (QED) is 0.601.